The molecule has 0 aromatic heterocycles. The quantitative estimate of drug-likeness (QED) is 0.780. The summed E-state index contributed by atoms with van der Waals surface area (Å²) >= 11 is 1.61. The van der Waals surface area contributed by atoms with Crippen molar-refractivity contribution in [2.75, 3.05) is 6.26 Å². The van der Waals surface area contributed by atoms with E-state index in [-0.39, 0.29) is 17.9 Å². The zero-order valence-electron chi connectivity index (χ0n) is 12.8. The molecule has 0 radical (unpaired) electrons. The van der Waals surface area contributed by atoms with Crippen molar-refractivity contribution in [2.45, 2.75) is 50.1 Å². The minimum absolute atomic E-state index is 0.173. The Morgan fingerprint density at radius 3 is 2.86 bits per heavy atom. The van der Waals surface area contributed by atoms with Gasteiger partial charge in [-0.2, -0.15) is 11.8 Å². The van der Waals surface area contributed by atoms with Gasteiger partial charge in [-0.1, -0.05) is 18.9 Å². The molecule has 1 aliphatic carbocycles. The van der Waals surface area contributed by atoms with E-state index in [1.54, 1.807) is 17.8 Å². The number of thioether (sulfide) groups is 1. The number of aliphatic hydroxyl groups excluding tert-OH is 1. The van der Waals surface area contributed by atoms with E-state index in [9.17, 15) is 14.3 Å². The predicted octanol–water partition coefficient (Wildman–Crippen LogP) is 2.79. The summed E-state index contributed by atoms with van der Waals surface area (Å²) in [5.74, 6) is 0.445. The number of benzene rings is 1. The van der Waals surface area contributed by atoms with Crippen molar-refractivity contribution in [2.24, 2.45) is 0 Å². The van der Waals surface area contributed by atoms with E-state index in [2.05, 4.69) is 10.6 Å². The topological polar surface area (TPSA) is 61.4 Å². The first-order chi connectivity index (χ1) is 10.6. The number of carbonyl (C=O) groups excluding carboxylic acids is 1. The summed E-state index contributed by atoms with van der Waals surface area (Å²) in [5.41, 5.74) is 1.81. The van der Waals surface area contributed by atoms with Gasteiger partial charge in [0.05, 0.1) is 12.1 Å². The summed E-state index contributed by atoms with van der Waals surface area (Å²) in [4.78, 5) is 12.0. The average molecular weight is 326 g/mol. The third kappa shape index (κ3) is 4.88. The van der Waals surface area contributed by atoms with Crippen molar-refractivity contribution in [3.8, 4) is 0 Å². The fourth-order valence-electron chi connectivity index (χ4n) is 2.73. The van der Waals surface area contributed by atoms with Crippen LogP contribution in [0.15, 0.2) is 18.2 Å². The Morgan fingerprint density at radius 2 is 2.14 bits per heavy atom. The van der Waals surface area contributed by atoms with Gasteiger partial charge >= 0.3 is 6.03 Å². The van der Waals surface area contributed by atoms with Gasteiger partial charge in [0, 0.05) is 12.3 Å². The molecule has 0 aliphatic heterocycles. The van der Waals surface area contributed by atoms with Crippen LogP contribution in [0.4, 0.5) is 9.18 Å². The number of amides is 2. The highest BCUT2D eigenvalue weighted by molar-refractivity contribution is 7.97. The van der Waals surface area contributed by atoms with Crippen molar-refractivity contribution in [3.05, 3.63) is 35.1 Å². The Hall–Kier alpha value is -1.27. The lowest BCUT2D eigenvalue weighted by Crippen LogP contribution is -2.48. The lowest BCUT2D eigenvalue weighted by atomic mass is 9.93. The van der Waals surface area contributed by atoms with Crippen LogP contribution in [0.5, 0.6) is 0 Å². The van der Waals surface area contributed by atoms with Gasteiger partial charge < -0.3 is 15.7 Å². The van der Waals surface area contributed by atoms with E-state index in [4.69, 9.17) is 0 Å². The molecule has 1 aromatic carbocycles. The molecule has 4 nitrogen and oxygen atoms in total. The number of nitrogens with one attached hydrogen (secondary N) is 2. The van der Waals surface area contributed by atoms with Crippen molar-refractivity contribution < 1.29 is 14.3 Å². The van der Waals surface area contributed by atoms with Gasteiger partial charge in [-0.15, -0.1) is 0 Å². The third-order valence-electron chi connectivity index (χ3n) is 3.95. The highest BCUT2D eigenvalue weighted by Crippen LogP contribution is 2.19. The highest BCUT2D eigenvalue weighted by Gasteiger charge is 2.24. The van der Waals surface area contributed by atoms with E-state index in [0.717, 1.165) is 36.8 Å². The van der Waals surface area contributed by atoms with Gasteiger partial charge in [0.25, 0.3) is 0 Å². The summed E-state index contributed by atoms with van der Waals surface area (Å²) in [6.07, 6.45) is 5.08. The van der Waals surface area contributed by atoms with Gasteiger partial charge in [-0.3, -0.25) is 0 Å². The number of carbonyl (C=O) groups is 1. The monoisotopic (exact) mass is 326 g/mol. The summed E-state index contributed by atoms with van der Waals surface area (Å²) in [5, 5.41) is 15.5. The molecule has 3 N–H and O–H groups in total. The van der Waals surface area contributed by atoms with Crippen molar-refractivity contribution >= 4 is 17.8 Å². The normalized spacial score (nSPS) is 21.4. The number of hydrogen-bond donors (Lipinski definition) is 3. The lowest BCUT2D eigenvalue weighted by Gasteiger charge is -2.28. The van der Waals surface area contributed by atoms with E-state index in [1.807, 2.05) is 6.26 Å². The van der Waals surface area contributed by atoms with Gasteiger partial charge in [0.15, 0.2) is 0 Å². The maximum atomic E-state index is 13.3. The minimum Gasteiger partial charge on any atom is -0.391 e. The molecule has 0 unspecified atom stereocenters. The van der Waals surface area contributed by atoms with E-state index in [0.29, 0.717) is 12.3 Å². The Morgan fingerprint density at radius 1 is 1.36 bits per heavy atom. The zero-order valence-corrected chi connectivity index (χ0v) is 13.6. The molecule has 0 spiro atoms. The average Bonchev–Trinajstić information content (AvgIpc) is 2.49. The number of aliphatic hydroxyl groups is 1. The van der Waals surface area contributed by atoms with Crippen LogP contribution in [-0.4, -0.2) is 29.5 Å². The molecule has 2 atom stereocenters. The van der Waals surface area contributed by atoms with E-state index in [1.165, 1.54) is 12.1 Å². The molecule has 2 rings (SSSR count). The maximum absolute atomic E-state index is 13.3. The van der Waals surface area contributed by atoms with Crippen LogP contribution < -0.4 is 10.6 Å². The smallest absolute Gasteiger partial charge is 0.315 e. The molecule has 0 heterocycles. The van der Waals surface area contributed by atoms with Gasteiger partial charge in [0.1, 0.15) is 5.82 Å². The SMILES string of the molecule is CSCc1cc(F)ccc1CNC(=O)N[C@@H]1CCCC[C@H]1O. The van der Waals surface area contributed by atoms with Crippen LogP contribution in [0.2, 0.25) is 0 Å². The molecule has 2 amide bonds. The van der Waals surface area contributed by atoms with E-state index >= 15 is 0 Å². The summed E-state index contributed by atoms with van der Waals surface area (Å²) in [7, 11) is 0. The fraction of sp³-hybridized carbons (Fsp3) is 0.562. The molecule has 122 valence electrons. The molecular formula is C16H23FN2O2S. The molecule has 1 fully saturated rings. The molecule has 0 bridgehead atoms. The first kappa shape index (κ1) is 17.1. The van der Waals surface area contributed by atoms with Crippen LogP contribution in [0.3, 0.4) is 0 Å². The van der Waals surface area contributed by atoms with E-state index < -0.39 is 6.10 Å². The van der Waals surface area contributed by atoms with Crippen LogP contribution >= 0.6 is 11.8 Å². The van der Waals surface area contributed by atoms with Crippen LogP contribution in [-0.2, 0) is 12.3 Å². The van der Waals surface area contributed by atoms with Crippen LogP contribution in [0, 0.1) is 5.82 Å². The lowest BCUT2D eigenvalue weighted by molar-refractivity contribution is 0.0943. The third-order valence-corrected chi connectivity index (χ3v) is 4.55. The second-order valence-electron chi connectivity index (χ2n) is 5.63. The number of rotatable bonds is 5. The first-order valence-electron chi connectivity index (χ1n) is 7.59. The number of halogens is 1. The summed E-state index contributed by atoms with van der Waals surface area (Å²) in [6, 6.07) is 4.16. The summed E-state index contributed by atoms with van der Waals surface area (Å²) in [6.45, 7) is 0.352. The van der Waals surface area contributed by atoms with Crippen LogP contribution in [0.1, 0.15) is 36.8 Å². The Balaban J connectivity index is 1.88. The fourth-order valence-corrected chi connectivity index (χ4v) is 3.31. The molecule has 6 heteroatoms. The Labute approximate surface area is 134 Å². The second kappa shape index (κ2) is 8.39. The first-order valence-corrected chi connectivity index (χ1v) is 8.98. The van der Waals surface area contributed by atoms with Crippen molar-refractivity contribution in [1.82, 2.24) is 10.6 Å². The number of hydrogen-bond acceptors (Lipinski definition) is 3. The summed E-state index contributed by atoms with van der Waals surface area (Å²) < 4.78 is 13.3. The molecular weight excluding hydrogens is 303 g/mol. The Bertz CT molecular complexity index is 513. The standard InChI is InChI=1S/C16H23FN2O2S/c1-22-10-12-8-13(17)7-6-11(12)9-18-16(21)19-14-4-2-3-5-15(14)20/h6-8,14-15,20H,2-5,9-10H2,1H3,(H2,18,19,21)/t14-,15-/m1/s1. The molecule has 0 saturated heterocycles. The van der Waals surface area contributed by atoms with Crippen molar-refractivity contribution in [1.29, 1.82) is 0 Å². The van der Waals surface area contributed by atoms with Gasteiger partial charge in [0.2, 0.25) is 0 Å². The van der Waals surface area contributed by atoms with Crippen LogP contribution in [0.25, 0.3) is 0 Å². The minimum atomic E-state index is -0.461. The van der Waals surface area contributed by atoms with Gasteiger partial charge in [-0.25, -0.2) is 9.18 Å². The van der Waals surface area contributed by atoms with Gasteiger partial charge in [-0.05, 0) is 42.4 Å². The molecule has 1 saturated carbocycles. The molecule has 1 aromatic rings. The predicted molar refractivity (Wildman–Crippen MR) is 87.3 cm³/mol. The Kier molecular flexibility index (Phi) is 6.51. The zero-order chi connectivity index (χ0) is 15.9. The highest BCUT2D eigenvalue weighted by atomic mass is 32.2. The number of urea groups is 1. The van der Waals surface area contributed by atoms with Crippen molar-refractivity contribution in [3.63, 3.8) is 0 Å². The maximum Gasteiger partial charge on any atom is 0.315 e. The molecule has 1 aliphatic rings. The largest absolute Gasteiger partial charge is 0.391 e. The second-order valence-corrected chi connectivity index (χ2v) is 6.50. The molecule has 22 heavy (non-hydrogen) atoms.